The lowest BCUT2D eigenvalue weighted by molar-refractivity contribution is 0.268. The van der Waals surface area contributed by atoms with E-state index >= 15 is 0 Å². The van der Waals surface area contributed by atoms with Crippen LogP contribution in [-0.4, -0.2) is 22.7 Å². The molecule has 2 heteroatoms. The summed E-state index contributed by atoms with van der Waals surface area (Å²) in [6, 6.07) is 0. The van der Waals surface area contributed by atoms with Gasteiger partial charge in [0.15, 0.2) is 0 Å². The largest absolute Gasteiger partial charge is 0.396 e. The first kappa shape index (κ1) is 10.3. The molecule has 0 fully saturated rings. The molecule has 0 aliphatic carbocycles. The second-order valence-corrected chi connectivity index (χ2v) is 4.27. The van der Waals surface area contributed by atoms with Gasteiger partial charge >= 0.3 is 0 Å². The van der Waals surface area contributed by atoms with Crippen molar-refractivity contribution in [3.8, 4) is 0 Å². The molecule has 1 N–H and O–H groups in total. The molecule has 62 valence electrons. The van der Waals surface area contributed by atoms with Crippen LogP contribution < -0.4 is 0 Å². The maximum atomic E-state index is 8.75. The highest BCUT2D eigenvalue weighted by atomic mass is 32.2. The fourth-order valence-corrected chi connectivity index (χ4v) is 1.80. The molecule has 0 saturated heterocycles. The van der Waals surface area contributed by atoms with Crippen LogP contribution in [0.3, 0.4) is 0 Å². The van der Waals surface area contributed by atoms with Crippen molar-refractivity contribution >= 4 is 11.8 Å². The maximum absolute atomic E-state index is 8.75. The molecule has 0 unspecified atom stereocenters. The summed E-state index contributed by atoms with van der Waals surface area (Å²) in [4.78, 5) is 0. The third-order valence-corrected chi connectivity index (χ3v) is 3.31. The maximum Gasteiger partial charge on any atom is 0.0444 e. The zero-order chi connectivity index (χ0) is 8.04. The fourth-order valence-electron chi connectivity index (χ4n) is 1.09. The lowest BCUT2D eigenvalue weighted by atomic mass is 10.0. The minimum atomic E-state index is 0.309. The van der Waals surface area contributed by atoms with Crippen molar-refractivity contribution in [3.63, 3.8) is 0 Å². The van der Waals surface area contributed by atoms with E-state index in [0.29, 0.717) is 11.4 Å². The van der Waals surface area contributed by atoms with E-state index in [4.69, 9.17) is 5.11 Å². The smallest absolute Gasteiger partial charge is 0.0444 e. The second kappa shape index (κ2) is 5.03. The molecule has 0 heterocycles. The topological polar surface area (TPSA) is 20.2 Å². The third-order valence-electron chi connectivity index (χ3n) is 1.91. The monoisotopic (exact) mass is 162 g/mol. The van der Waals surface area contributed by atoms with Crippen LogP contribution in [0, 0.1) is 0 Å². The quantitative estimate of drug-likeness (QED) is 0.669. The normalized spacial score (nSPS) is 16.8. The Kier molecular flexibility index (Phi) is 5.18. The van der Waals surface area contributed by atoms with Gasteiger partial charge in [-0.15, -0.1) is 0 Å². The molecular weight excluding hydrogens is 144 g/mol. The number of hydrogen-bond acceptors (Lipinski definition) is 2. The van der Waals surface area contributed by atoms with E-state index in [-0.39, 0.29) is 0 Å². The first-order valence-corrected chi connectivity index (χ1v) is 5.07. The van der Waals surface area contributed by atoms with Gasteiger partial charge in [0, 0.05) is 11.4 Å². The van der Waals surface area contributed by atoms with Crippen molar-refractivity contribution in [3.05, 3.63) is 0 Å². The number of thioether (sulfide) groups is 1. The van der Waals surface area contributed by atoms with Crippen LogP contribution >= 0.6 is 11.8 Å². The summed E-state index contributed by atoms with van der Waals surface area (Å²) in [7, 11) is 0. The van der Waals surface area contributed by atoms with E-state index in [0.717, 1.165) is 6.42 Å². The highest BCUT2D eigenvalue weighted by Gasteiger charge is 2.20. The Balaban J connectivity index is 3.69. The lowest BCUT2D eigenvalue weighted by Crippen LogP contribution is -2.20. The molecule has 0 saturated carbocycles. The van der Waals surface area contributed by atoms with E-state index in [1.165, 1.54) is 12.8 Å². The van der Waals surface area contributed by atoms with Gasteiger partial charge < -0.3 is 5.11 Å². The van der Waals surface area contributed by atoms with Crippen LogP contribution in [0.15, 0.2) is 0 Å². The van der Waals surface area contributed by atoms with Crippen molar-refractivity contribution < 1.29 is 5.11 Å². The Labute approximate surface area is 68.2 Å². The average molecular weight is 162 g/mol. The van der Waals surface area contributed by atoms with Crippen LogP contribution in [0.5, 0.6) is 0 Å². The summed E-state index contributed by atoms with van der Waals surface area (Å²) < 4.78 is 0.309. The minimum absolute atomic E-state index is 0.309. The third kappa shape index (κ3) is 3.47. The van der Waals surface area contributed by atoms with Crippen molar-refractivity contribution in [1.29, 1.82) is 0 Å². The van der Waals surface area contributed by atoms with Gasteiger partial charge in [0.1, 0.15) is 0 Å². The highest BCUT2D eigenvalue weighted by Crippen LogP contribution is 2.30. The second-order valence-electron chi connectivity index (χ2n) is 2.88. The number of aliphatic hydroxyl groups is 1. The molecule has 0 rings (SSSR count). The van der Waals surface area contributed by atoms with E-state index in [1.54, 1.807) is 0 Å². The standard InChI is InChI=1S/C8H18OS/c1-4-5-8(2,10-3)6-7-9/h9H,4-7H2,1-3H3/t8-/m1/s1. The fraction of sp³-hybridized carbons (Fsp3) is 1.00. The first-order chi connectivity index (χ1) is 4.68. The summed E-state index contributed by atoms with van der Waals surface area (Å²) >= 11 is 1.86. The van der Waals surface area contributed by atoms with Gasteiger partial charge in [-0.1, -0.05) is 20.3 Å². The predicted octanol–water partition coefficient (Wildman–Crippen LogP) is 2.29. The molecule has 0 aromatic heterocycles. The number of rotatable bonds is 5. The van der Waals surface area contributed by atoms with Gasteiger partial charge in [-0.2, -0.15) is 11.8 Å². The number of aliphatic hydroxyl groups excluding tert-OH is 1. The van der Waals surface area contributed by atoms with Gasteiger partial charge in [0.05, 0.1) is 0 Å². The van der Waals surface area contributed by atoms with Gasteiger partial charge in [-0.3, -0.25) is 0 Å². The van der Waals surface area contributed by atoms with E-state index in [2.05, 4.69) is 20.1 Å². The summed E-state index contributed by atoms with van der Waals surface area (Å²) in [6.07, 6.45) is 5.44. The summed E-state index contributed by atoms with van der Waals surface area (Å²) in [5.74, 6) is 0. The zero-order valence-electron chi connectivity index (χ0n) is 7.18. The van der Waals surface area contributed by atoms with Gasteiger partial charge in [-0.05, 0) is 19.1 Å². The molecule has 0 aliphatic rings. The Morgan fingerprint density at radius 3 is 2.30 bits per heavy atom. The molecule has 0 radical (unpaired) electrons. The Morgan fingerprint density at radius 2 is 2.00 bits per heavy atom. The SMILES string of the molecule is CCC[C@](C)(CCO)SC. The Bertz CT molecular complexity index is 77.3. The summed E-state index contributed by atoms with van der Waals surface area (Å²) in [5.41, 5.74) is 0. The molecule has 0 amide bonds. The van der Waals surface area contributed by atoms with Gasteiger partial charge in [0.25, 0.3) is 0 Å². The Morgan fingerprint density at radius 1 is 1.40 bits per heavy atom. The van der Waals surface area contributed by atoms with Crippen LogP contribution in [-0.2, 0) is 0 Å². The van der Waals surface area contributed by atoms with Crippen LogP contribution in [0.4, 0.5) is 0 Å². The highest BCUT2D eigenvalue weighted by molar-refractivity contribution is 7.99. The van der Waals surface area contributed by atoms with Crippen molar-refractivity contribution in [2.75, 3.05) is 12.9 Å². The predicted molar refractivity (Wildman–Crippen MR) is 48.5 cm³/mol. The molecule has 0 aromatic carbocycles. The molecule has 0 aromatic rings. The molecule has 1 nitrogen and oxygen atoms in total. The average Bonchev–Trinajstić information content (AvgIpc) is 1.89. The molecule has 0 spiro atoms. The number of hydrogen-bond donors (Lipinski definition) is 1. The van der Waals surface area contributed by atoms with Crippen molar-refractivity contribution in [2.45, 2.75) is 37.9 Å². The first-order valence-electron chi connectivity index (χ1n) is 3.84. The van der Waals surface area contributed by atoms with E-state index < -0.39 is 0 Å². The summed E-state index contributed by atoms with van der Waals surface area (Å²) in [5, 5.41) is 8.75. The van der Waals surface area contributed by atoms with E-state index in [1.807, 2.05) is 11.8 Å². The van der Waals surface area contributed by atoms with Crippen molar-refractivity contribution in [1.82, 2.24) is 0 Å². The zero-order valence-corrected chi connectivity index (χ0v) is 8.00. The molecular formula is C8H18OS. The molecule has 1 atom stereocenters. The van der Waals surface area contributed by atoms with Crippen molar-refractivity contribution in [2.24, 2.45) is 0 Å². The molecule has 0 bridgehead atoms. The minimum Gasteiger partial charge on any atom is -0.396 e. The summed E-state index contributed by atoms with van der Waals surface area (Å²) in [6.45, 7) is 4.72. The van der Waals surface area contributed by atoms with Crippen LogP contribution in [0.25, 0.3) is 0 Å². The lowest BCUT2D eigenvalue weighted by Gasteiger charge is -2.25. The van der Waals surface area contributed by atoms with Gasteiger partial charge in [0.2, 0.25) is 0 Å². The van der Waals surface area contributed by atoms with E-state index in [9.17, 15) is 0 Å². The molecule has 10 heavy (non-hydrogen) atoms. The van der Waals surface area contributed by atoms with Gasteiger partial charge in [-0.25, -0.2) is 0 Å². The Hall–Kier alpha value is 0.310. The molecule has 0 aliphatic heterocycles. The van der Waals surface area contributed by atoms with Crippen LogP contribution in [0.1, 0.15) is 33.1 Å². The van der Waals surface area contributed by atoms with Crippen LogP contribution in [0.2, 0.25) is 0 Å².